The van der Waals surface area contributed by atoms with E-state index in [0.29, 0.717) is 19.0 Å². The lowest BCUT2D eigenvalue weighted by Crippen LogP contribution is -2.43. The summed E-state index contributed by atoms with van der Waals surface area (Å²) in [5, 5.41) is 18.4. The number of carbonyl (C=O) groups excluding carboxylic acids is 1. The fourth-order valence-corrected chi connectivity index (χ4v) is 3.18. The normalized spacial score (nSPS) is 11.4. The van der Waals surface area contributed by atoms with Gasteiger partial charge in [0.2, 0.25) is 5.91 Å². The molecule has 0 saturated heterocycles. The zero-order valence-corrected chi connectivity index (χ0v) is 18.3. The molecule has 9 heteroatoms. The highest BCUT2D eigenvalue weighted by Gasteiger charge is 2.07. The highest BCUT2D eigenvalue weighted by atomic mass is 16.6. The van der Waals surface area contributed by atoms with Crippen LogP contribution in [0.15, 0.2) is 65.8 Å². The van der Waals surface area contributed by atoms with Crippen molar-refractivity contribution in [3.05, 3.63) is 76.5 Å². The van der Waals surface area contributed by atoms with Crippen molar-refractivity contribution in [1.29, 1.82) is 0 Å². The molecule has 0 bridgehead atoms. The first-order valence-corrected chi connectivity index (χ1v) is 10.4. The predicted molar refractivity (Wildman–Crippen MR) is 125 cm³/mol. The van der Waals surface area contributed by atoms with E-state index in [1.165, 1.54) is 27.9 Å². The average molecular weight is 437 g/mol. The standard InChI is InChI=1S/C23H28N6O3/c1-27(2)22(30)17-26-23(25-16-18-8-10-20(11-9-18)29(31)32)24-13-5-14-28-15-12-19-6-3-4-7-21(19)28/h3-4,6-12,15H,5,13-14,16-17H2,1-2H3,(H2,24,25,26). The van der Waals surface area contributed by atoms with Gasteiger partial charge in [-0.1, -0.05) is 30.3 Å². The minimum Gasteiger partial charge on any atom is -0.356 e. The molecule has 0 radical (unpaired) electrons. The summed E-state index contributed by atoms with van der Waals surface area (Å²) in [5.74, 6) is 0.463. The Balaban J connectivity index is 1.57. The molecule has 1 amide bonds. The van der Waals surface area contributed by atoms with Crippen LogP contribution in [0.1, 0.15) is 12.0 Å². The van der Waals surface area contributed by atoms with Gasteiger partial charge in [-0.05, 0) is 29.5 Å². The van der Waals surface area contributed by atoms with Gasteiger partial charge in [0, 0.05) is 51.0 Å². The minimum atomic E-state index is -0.428. The highest BCUT2D eigenvalue weighted by molar-refractivity contribution is 5.86. The van der Waals surface area contributed by atoms with Crippen LogP contribution in [-0.4, -0.2) is 53.4 Å². The van der Waals surface area contributed by atoms with E-state index in [4.69, 9.17) is 0 Å². The van der Waals surface area contributed by atoms with Crippen molar-refractivity contribution < 1.29 is 9.72 Å². The molecular formula is C23H28N6O3. The third-order valence-corrected chi connectivity index (χ3v) is 5.02. The van der Waals surface area contributed by atoms with Crippen molar-refractivity contribution in [1.82, 2.24) is 20.1 Å². The number of nitro groups is 1. The number of hydrogen-bond donors (Lipinski definition) is 2. The number of nitrogens with one attached hydrogen (secondary N) is 2. The van der Waals surface area contributed by atoms with E-state index in [1.54, 1.807) is 26.2 Å². The van der Waals surface area contributed by atoms with Gasteiger partial charge in [-0.3, -0.25) is 14.9 Å². The number of carbonyl (C=O) groups is 1. The molecule has 1 aromatic heterocycles. The Morgan fingerprint density at radius 3 is 2.56 bits per heavy atom. The molecule has 9 nitrogen and oxygen atoms in total. The van der Waals surface area contributed by atoms with Crippen LogP contribution in [0.2, 0.25) is 0 Å². The van der Waals surface area contributed by atoms with E-state index < -0.39 is 4.92 Å². The van der Waals surface area contributed by atoms with Crippen LogP contribution < -0.4 is 10.6 Å². The number of non-ortho nitro benzene ring substituents is 1. The SMILES string of the molecule is CN(C)C(=O)CNC(=NCc1ccc([N+](=O)[O-])cc1)NCCCn1ccc2ccccc21. The smallest absolute Gasteiger partial charge is 0.269 e. The van der Waals surface area contributed by atoms with Crippen LogP contribution in [0.3, 0.4) is 0 Å². The molecule has 2 aromatic carbocycles. The fourth-order valence-electron chi connectivity index (χ4n) is 3.18. The second kappa shape index (κ2) is 10.9. The summed E-state index contributed by atoms with van der Waals surface area (Å²) in [6.45, 7) is 1.99. The third kappa shape index (κ3) is 6.31. The molecule has 32 heavy (non-hydrogen) atoms. The van der Waals surface area contributed by atoms with E-state index in [2.05, 4.69) is 44.6 Å². The summed E-state index contributed by atoms with van der Waals surface area (Å²) < 4.78 is 2.22. The predicted octanol–water partition coefficient (Wildman–Crippen LogP) is 2.76. The second-order valence-electron chi connectivity index (χ2n) is 7.58. The summed E-state index contributed by atoms with van der Waals surface area (Å²) in [6.07, 6.45) is 2.96. The van der Waals surface area contributed by atoms with Crippen molar-refractivity contribution >= 4 is 28.5 Å². The van der Waals surface area contributed by atoms with Gasteiger partial charge in [0.15, 0.2) is 5.96 Å². The molecule has 0 fully saturated rings. The Labute approximate surface area is 186 Å². The number of para-hydroxylation sites is 1. The molecule has 0 saturated carbocycles. The molecule has 3 aromatic rings. The maximum Gasteiger partial charge on any atom is 0.269 e. The Kier molecular flexibility index (Phi) is 7.80. The van der Waals surface area contributed by atoms with Gasteiger partial charge < -0.3 is 20.1 Å². The summed E-state index contributed by atoms with van der Waals surface area (Å²) >= 11 is 0. The first-order valence-electron chi connectivity index (χ1n) is 10.4. The van der Waals surface area contributed by atoms with Crippen LogP contribution in [0.5, 0.6) is 0 Å². The lowest BCUT2D eigenvalue weighted by molar-refractivity contribution is -0.384. The number of aromatic nitrogens is 1. The minimum absolute atomic E-state index is 0.0447. The maximum atomic E-state index is 11.9. The number of amides is 1. The Morgan fingerprint density at radius 2 is 1.84 bits per heavy atom. The van der Waals surface area contributed by atoms with Crippen molar-refractivity contribution in [2.45, 2.75) is 19.5 Å². The molecular weight excluding hydrogens is 408 g/mol. The second-order valence-corrected chi connectivity index (χ2v) is 7.58. The average Bonchev–Trinajstić information content (AvgIpc) is 3.21. The topological polar surface area (TPSA) is 105 Å². The number of guanidine groups is 1. The van der Waals surface area contributed by atoms with Crippen LogP contribution in [-0.2, 0) is 17.9 Å². The van der Waals surface area contributed by atoms with Crippen LogP contribution in [0.4, 0.5) is 5.69 Å². The number of rotatable bonds is 9. The molecule has 0 aliphatic carbocycles. The zero-order chi connectivity index (χ0) is 22.9. The van der Waals surface area contributed by atoms with Gasteiger partial charge in [0.25, 0.3) is 5.69 Å². The number of likely N-dealkylation sites (N-methyl/N-ethyl adjacent to an activating group) is 1. The van der Waals surface area contributed by atoms with E-state index in [-0.39, 0.29) is 18.1 Å². The molecule has 0 spiro atoms. The van der Waals surface area contributed by atoms with E-state index in [9.17, 15) is 14.9 Å². The van der Waals surface area contributed by atoms with Crippen molar-refractivity contribution in [2.24, 2.45) is 4.99 Å². The number of hydrogen-bond acceptors (Lipinski definition) is 4. The first-order chi connectivity index (χ1) is 15.4. The summed E-state index contributed by atoms with van der Waals surface area (Å²) in [7, 11) is 3.40. The molecule has 1 heterocycles. The highest BCUT2D eigenvalue weighted by Crippen LogP contribution is 2.15. The zero-order valence-electron chi connectivity index (χ0n) is 18.3. The summed E-state index contributed by atoms with van der Waals surface area (Å²) in [4.78, 5) is 28.4. The Morgan fingerprint density at radius 1 is 1.09 bits per heavy atom. The Bertz CT molecular complexity index is 1090. The number of fused-ring (bicyclic) bond motifs is 1. The molecule has 0 aliphatic heterocycles. The van der Waals surface area contributed by atoms with Gasteiger partial charge in [0.1, 0.15) is 0 Å². The quantitative estimate of drug-likeness (QED) is 0.176. The number of aliphatic imine (C=N–C) groups is 1. The van der Waals surface area contributed by atoms with E-state index in [1.807, 2.05) is 12.1 Å². The number of benzene rings is 2. The lowest BCUT2D eigenvalue weighted by atomic mass is 10.2. The van der Waals surface area contributed by atoms with Crippen LogP contribution in [0, 0.1) is 10.1 Å². The van der Waals surface area contributed by atoms with Gasteiger partial charge in [-0.15, -0.1) is 0 Å². The maximum absolute atomic E-state index is 11.9. The van der Waals surface area contributed by atoms with Crippen molar-refractivity contribution in [3.63, 3.8) is 0 Å². The monoisotopic (exact) mass is 436 g/mol. The summed E-state index contributed by atoms with van der Waals surface area (Å²) in [6, 6.07) is 16.7. The molecule has 168 valence electrons. The number of aryl methyl sites for hydroxylation is 1. The van der Waals surface area contributed by atoms with Gasteiger partial charge in [0.05, 0.1) is 18.0 Å². The Hall–Kier alpha value is -3.88. The largest absolute Gasteiger partial charge is 0.356 e. The molecule has 0 unspecified atom stereocenters. The van der Waals surface area contributed by atoms with Gasteiger partial charge in [-0.25, -0.2) is 4.99 Å². The van der Waals surface area contributed by atoms with Crippen molar-refractivity contribution in [3.8, 4) is 0 Å². The van der Waals surface area contributed by atoms with Crippen LogP contribution >= 0.6 is 0 Å². The molecule has 0 atom stereocenters. The first kappa shape index (κ1) is 22.8. The molecule has 3 rings (SSSR count). The van der Waals surface area contributed by atoms with Crippen molar-refractivity contribution in [2.75, 3.05) is 27.2 Å². The molecule has 2 N–H and O–H groups in total. The van der Waals surface area contributed by atoms with Crippen LogP contribution in [0.25, 0.3) is 10.9 Å². The van der Waals surface area contributed by atoms with Gasteiger partial charge in [-0.2, -0.15) is 0 Å². The third-order valence-electron chi connectivity index (χ3n) is 5.02. The number of nitrogens with zero attached hydrogens (tertiary/aromatic N) is 4. The molecule has 0 aliphatic rings. The van der Waals surface area contributed by atoms with E-state index >= 15 is 0 Å². The van der Waals surface area contributed by atoms with E-state index in [0.717, 1.165) is 18.5 Å². The lowest BCUT2D eigenvalue weighted by Gasteiger charge is -2.15. The number of nitro benzene ring substituents is 1. The van der Waals surface area contributed by atoms with Gasteiger partial charge >= 0.3 is 0 Å². The summed E-state index contributed by atoms with van der Waals surface area (Å²) in [5.41, 5.74) is 2.09. The fraction of sp³-hybridized carbons (Fsp3) is 0.304.